The molecule has 6 nitrogen and oxygen atoms in total. The zero-order chi connectivity index (χ0) is 22.4. The Morgan fingerprint density at radius 2 is 1.88 bits per heavy atom. The summed E-state index contributed by atoms with van der Waals surface area (Å²) in [5.74, 6) is 0.992. The molecule has 1 aromatic carbocycles. The maximum atomic E-state index is 13.3. The molecule has 0 amide bonds. The normalized spacial score (nSPS) is 16.4. The predicted molar refractivity (Wildman–Crippen MR) is 124 cm³/mol. The van der Waals surface area contributed by atoms with Gasteiger partial charge in [0.05, 0.1) is 24.8 Å². The monoisotopic (exact) mass is 570 g/mol. The lowest BCUT2D eigenvalue weighted by Gasteiger charge is -2.33. The molecule has 1 atom stereocenters. The number of aliphatic imine (C=N–C) groups is 1. The molecule has 2 N–H and O–H groups in total. The van der Waals surface area contributed by atoms with Crippen molar-refractivity contribution in [3.8, 4) is 0 Å². The fourth-order valence-electron chi connectivity index (χ4n) is 3.49. The standard InChI is InChI=1S/C21H26F4N4O2.HI/c1-14-3-6-19(31-14)18(29-7-9-30-10-8-29)13-28-20(26-2)27-12-15-4-5-16(22)11-17(15)21(23,24)25;/h3-6,11,18H,7-10,12-13H2,1-2H3,(H2,26,27,28);1H. The van der Waals surface area contributed by atoms with Gasteiger partial charge < -0.3 is 19.8 Å². The highest BCUT2D eigenvalue weighted by atomic mass is 127. The van der Waals surface area contributed by atoms with Crippen molar-refractivity contribution in [1.29, 1.82) is 0 Å². The molecule has 3 rings (SSSR count). The van der Waals surface area contributed by atoms with Gasteiger partial charge in [0, 0.05) is 33.2 Å². The van der Waals surface area contributed by atoms with E-state index >= 15 is 0 Å². The number of hydrogen-bond donors (Lipinski definition) is 2. The van der Waals surface area contributed by atoms with Crippen LogP contribution in [0.2, 0.25) is 0 Å². The van der Waals surface area contributed by atoms with Gasteiger partial charge in [-0.05, 0) is 36.8 Å². The maximum Gasteiger partial charge on any atom is 0.416 e. The molecule has 11 heteroatoms. The molecule has 0 radical (unpaired) electrons. The van der Waals surface area contributed by atoms with Gasteiger partial charge in [-0.3, -0.25) is 9.89 Å². The van der Waals surface area contributed by atoms with E-state index in [1.54, 1.807) is 0 Å². The van der Waals surface area contributed by atoms with Crippen molar-refractivity contribution in [3.05, 3.63) is 58.8 Å². The molecule has 0 aliphatic carbocycles. The van der Waals surface area contributed by atoms with Gasteiger partial charge >= 0.3 is 6.18 Å². The number of benzene rings is 1. The first-order valence-corrected chi connectivity index (χ1v) is 9.96. The molecule has 1 saturated heterocycles. The number of nitrogens with one attached hydrogen (secondary N) is 2. The third-order valence-corrected chi connectivity index (χ3v) is 5.09. The summed E-state index contributed by atoms with van der Waals surface area (Å²) >= 11 is 0. The van der Waals surface area contributed by atoms with Crippen molar-refractivity contribution >= 4 is 29.9 Å². The zero-order valence-electron chi connectivity index (χ0n) is 17.8. The Morgan fingerprint density at radius 3 is 2.47 bits per heavy atom. The predicted octanol–water partition coefficient (Wildman–Crippen LogP) is 4.10. The highest BCUT2D eigenvalue weighted by Gasteiger charge is 2.33. The van der Waals surface area contributed by atoms with E-state index in [1.807, 2.05) is 19.1 Å². The lowest BCUT2D eigenvalue weighted by Crippen LogP contribution is -2.46. The molecular formula is C21H27F4IN4O2. The molecule has 0 bridgehead atoms. The van der Waals surface area contributed by atoms with Crippen LogP contribution in [-0.2, 0) is 17.5 Å². The molecule has 1 aromatic heterocycles. The number of hydrogen-bond acceptors (Lipinski definition) is 4. The SMILES string of the molecule is CN=C(NCc1ccc(F)cc1C(F)(F)F)NCC(c1ccc(C)o1)N1CCOCC1.I. The van der Waals surface area contributed by atoms with Gasteiger partial charge in [0.2, 0.25) is 0 Å². The van der Waals surface area contributed by atoms with Crippen LogP contribution in [0.1, 0.15) is 28.7 Å². The molecular weight excluding hydrogens is 543 g/mol. The fourth-order valence-corrected chi connectivity index (χ4v) is 3.49. The van der Waals surface area contributed by atoms with Gasteiger partial charge in [-0.15, -0.1) is 24.0 Å². The van der Waals surface area contributed by atoms with E-state index in [-0.39, 0.29) is 42.1 Å². The Morgan fingerprint density at radius 1 is 1.16 bits per heavy atom. The Labute approximate surface area is 201 Å². The van der Waals surface area contributed by atoms with Crippen LogP contribution in [-0.4, -0.2) is 50.8 Å². The number of nitrogens with zero attached hydrogens (tertiary/aromatic N) is 2. The summed E-state index contributed by atoms with van der Waals surface area (Å²) in [5, 5.41) is 6.03. The second-order valence-corrected chi connectivity index (χ2v) is 7.22. The molecule has 1 aliphatic rings. The maximum absolute atomic E-state index is 13.3. The van der Waals surface area contributed by atoms with E-state index in [1.165, 1.54) is 7.05 Å². The van der Waals surface area contributed by atoms with Crippen LogP contribution in [0.5, 0.6) is 0 Å². The topological polar surface area (TPSA) is 62.0 Å². The van der Waals surface area contributed by atoms with Crippen LogP contribution in [0.15, 0.2) is 39.7 Å². The minimum atomic E-state index is -4.64. The lowest BCUT2D eigenvalue weighted by molar-refractivity contribution is -0.138. The molecule has 178 valence electrons. The summed E-state index contributed by atoms with van der Waals surface area (Å²) in [5.41, 5.74) is -1.07. The lowest BCUT2D eigenvalue weighted by atomic mass is 10.1. The quantitative estimate of drug-likeness (QED) is 0.237. The van der Waals surface area contributed by atoms with Crippen LogP contribution < -0.4 is 10.6 Å². The van der Waals surface area contributed by atoms with Crippen LogP contribution >= 0.6 is 24.0 Å². The first-order valence-electron chi connectivity index (χ1n) is 9.96. The highest BCUT2D eigenvalue weighted by molar-refractivity contribution is 14.0. The smallest absolute Gasteiger partial charge is 0.416 e. The average molecular weight is 570 g/mol. The van der Waals surface area contributed by atoms with E-state index in [4.69, 9.17) is 9.15 Å². The number of furan rings is 1. The van der Waals surface area contributed by atoms with Crippen LogP contribution in [0.25, 0.3) is 0 Å². The fraction of sp³-hybridized carbons (Fsp3) is 0.476. The van der Waals surface area contributed by atoms with Crippen molar-refractivity contribution in [1.82, 2.24) is 15.5 Å². The van der Waals surface area contributed by atoms with Gasteiger partial charge in [-0.2, -0.15) is 13.2 Å². The third kappa shape index (κ3) is 7.07. The Bertz CT molecular complexity index is 898. The number of halogens is 5. The van der Waals surface area contributed by atoms with E-state index in [9.17, 15) is 17.6 Å². The summed E-state index contributed by atoms with van der Waals surface area (Å²) in [6, 6.07) is 6.36. The van der Waals surface area contributed by atoms with Gasteiger partial charge in [-0.1, -0.05) is 6.07 Å². The molecule has 0 spiro atoms. The second kappa shape index (κ2) is 11.8. The van der Waals surface area contributed by atoms with E-state index in [2.05, 4.69) is 20.5 Å². The van der Waals surface area contributed by atoms with Gasteiger partial charge in [0.25, 0.3) is 0 Å². The molecule has 1 fully saturated rings. The Balaban J connectivity index is 0.00000363. The third-order valence-electron chi connectivity index (χ3n) is 5.09. The highest BCUT2D eigenvalue weighted by Crippen LogP contribution is 2.32. The summed E-state index contributed by atoms with van der Waals surface area (Å²) < 4.78 is 64.2. The number of morpholine rings is 1. The summed E-state index contributed by atoms with van der Waals surface area (Å²) in [6.45, 7) is 4.86. The van der Waals surface area contributed by atoms with E-state index < -0.39 is 17.6 Å². The average Bonchev–Trinajstić information content (AvgIpc) is 3.17. The Hall–Kier alpha value is -1.86. The first kappa shape index (κ1) is 26.4. The minimum absolute atomic E-state index is 0. The minimum Gasteiger partial charge on any atom is -0.465 e. The van der Waals surface area contributed by atoms with Crippen molar-refractivity contribution < 1.29 is 26.7 Å². The van der Waals surface area contributed by atoms with Gasteiger partial charge in [-0.25, -0.2) is 4.39 Å². The van der Waals surface area contributed by atoms with Crippen LogP contribution in [0.4, 0.5) is 17.6 Å². The number of aryl methyl sites for hydroxylation is 1. The molecule has 2 heterocycles. The van der Waals surface area contributed by atoms with Crippen molar-refractivity contribution in [2.24, 2.45) is 4.99 Å². The number of ether oxygens (including phenoxy) is 1. The summed E-state index contributed by atoms with van der Waals surface area (Å²) in [7, 11) is 1.53. The number of alkyl halides is 3. The van der Waals surface area contributed by atoms with E-state index in [0.29, 0.717) is 31.8 Å². The molecule has 2 aromatic rings. The van der Waals surface area contributed by atoms with Crippen LogP contribution in [0.3, 0.4) is 0 Å². The van der Waals surface area contributed by atoms with Crippen molar-refractivity contribution in [3.63, 3.8) is 0 Å². The second-order valence-electron chi connectivity index (χ2n) is 7.22. The molecule has 32 heavy (non-hydrogen) atoms. The molecule has 0 saturated carbocycles. The summed E-state index contributed by atoms with van der Waals surface area (Å²) in [4.78, 5) is 6.32. The number of guanidine groups is 1. The van der Waals surface area contributed by atoms with Crippen molar-refractivity contribution in [2.75, 3.05) is 39.9 Å². The Kier molecular flexibility index (Phi) is 9.77. The van der Waals surface area contributed by atoms with Crippen molar-refractivity contribution in [2.45, 2.75) is 25.7 Å². The first-order chi connectivity index (χ1) is 14.8. The van der Waals surface area contributed by atoms with Gasteiger partial charge in [0.15, 0.2) is 5.96 Å². The molecule has 1 aliphatic heterocycles. The van der Waals surface area contributed by atoms with Crippen LogP contribution in [0, 0.1) is 12.7 Å². The molecule has 1 unspecified atom stereocenters. The van der Waals surface area contributed by atoms with Gasteiger partial charge in [0.1, 0.15) is 17.3 Å². The zero-order valence-corrected chi connectivity index (χ0v) is 20.2. The summed E-state index contributed by atoms with van der Waals surface area (Å²) in [6.07, 6.45) is -4.64. The largest absolute Gasteiger partial charge is 0.465 e. The number of rotatable bonds is 6. The van der Waals surface area contributed by atoms with E-state index in [0.717, 1.165) is 36.7 Å².